The number of carboxylic acids is 1. The lowest BCUT2D eigenvalue weighted by Crippen LogP contribution is -1.98. The van der Waals surface area contributed by atoms with Gasteiger partial charge in [0.2, 0.25) is 0 Å². The molecule has 3 aromatic rings. The van der Waals surface area contributed by atoms with Gasteiger partial charge in [0.05, 0.1) is 5.56 Å². The summed E-state index contributed by atoms with van der Waals surface area (Å²) in [5, 5.41) is 10.8. The Kier molecular flexibility index (Phi) is 3.36. The molecular formula is C18H11NO2. The Balaban J connectivity index is 2.15. The summed E-state index contributed by atoms with van der Waals surface area (Å²) in [6.45, 7) is 0. The van der Waals surface area contributed by atoms with E-state index in [1.807, 2.05) is 30.3 Å². The number of pyridine rings is 1. The lowest BCUT2D eigenvalue weighted by molar-refractivity contribution is 0.0699. The summed E-state index contributed by atoms with van der Waals surface area (Å²) in [5.41, 5.74) is 1.98. The molecule has 0 aliphatic heterocycles. The largest absolute Gasteiger partial charge is 0.478 e. The van der Waals surface area contributed by atoms with Gasteiger partial charge < -0.3 is 5.11 Å². The maximum absolute atomic E-state index is 11.3. The maximum atomic E-state index is 11.3. The predicted octanol–water partition coefficient (Wildman–Crippen LogP) is 3.33. The Hall–Kier alpha value is -3.12. The lowest BCUT2D eigenvalue weighted by Gasteiger charge is -2.04. The fraction of sp³-hybridized carbons (Fsp3) is 0. The number of benzene rings is 2. The summed E-state index contributed by atoms with van der Waals surface area (Å²) in [7, 11) is 0. The van der Waals surface area contributed by atoms with Crippen LogP contribution in [0.15, 0.2) is 60.9 Å². The van der Waals surface area contributed by atoms with Crippen LogP contribution in [0, 0.1) is 11.8 Å². The molecule has 0 bridgehead atoms. The summed E-state index contributed by atoms with van der Waals surface area (Å²) < 4.78 is 0. The number of aromatic carboxylic acids is 1. The predicted molar refractivity (Wildman–Crippen MR) is 81.1 cm³/mol. The van der Waals surface area contributed by atoms with Gasteiger partial charge in [-0.2, -0.15) is 0 Å². The molecule has 0 unspecified atom stereocenters. The van der Waals surface area contributed by atoms with Gasteiger partial charge in [-0.25, -0.2) is 4.79 Å². The zero-order valence-electron chi connectivity index (χ0n) is 11.1. The van der Waals surface area contributed by atoms with Crippen LogP contribution in [0.3, 0.4) is 0 Å². The number of rotatable bonds is 1. The summed E-state index contributed by atoms with van der Waals surface area (Å²) in [6, 6.07) is 14.4. The molecule has 100 valence electrons. The Morgan fingerprint density at radius 2 is 1.62 bits per heavy atom. The van der Waals surface area contributed by atoms with Crippen molar-refractivity contribution < 1.29 is 9.90 Å². The molecule has 0 radical (unpaired) electrons. The van der Waals surface area contributed by atoms with Gasteiger partial charge >= 0.3 is 5.97 Å². The van der Waals surface area contributed by atoms with E-state index in [1.165, 1.54) is 0 Å². The van der Waals surface area contributed by atoms with E-state index < -0.39 is 5.97 Å². The molecular weight excluding hydrogens is 262 g/mol. The van der Waals surface area contributed by atoms with Crippen molar-refractivity contribution in [1.82, 2.24) is 4.98 Å². The van der Waals surface area contributed by atoms with Crippen molar-refractivity contribution in [3.63, 3.8) is 0 Å². The van der Waals surface area contributed by atoms with Gasteiger partial charge in [0, 0.05) is 23.5 Å². The molecule has 3 nitrogen and oxygen atoms in total. The van der Waals surface area contributed by atoms with Crippen molar-refractivity contribution in [1.29, 1.82) is 0 Å². The molecule has 0 saturated heterocycles. The fourth-order valence-corrected chi connectivity index (χ4v) is 2.17. The van der Waals surface area contributed by atoms with Crippen molar-refractivity contribution in [3.05, 3.63) is 77.6 Å². The SMILES string of the molecule is O=C(O)c1ccc(C#Cc2ccncc2)c2ccccc12. The highest BCUT2D eigenvalue weighted by Crippen LogP contribution is 2.22. The van der Waals surface area contributed by atoms with Crippen LogP contribution in [0.25, 0.3) is 10.8 Å². The summed E-state index contributed by atoms with van der Waals surface area (Å²) in [6.07, 6.45) is 3.38. The van der Waals surface area contributed by atoms with Crippen LogP contribution in [0.2, 0.25) is 0 Å². The van der Waals surface area contributed by atoms with Gasteiger partial charge in [0.15, 0.2) is 0 Å². The van der Waals surface area contributed by atoms with Gasteiger partial charge in [0.1, 0.15) is 0 Å². The van der Waals surface area contributed by atoms with Gasteiger partial charge in [-0.1, -0.05) is 36.1 Å². The molecule has 0 saturated carbocycles. The quantitative estimate of drug-likeness (QED) is 0.692. The average molecular weight is 273 g/mol. The van der Waals surface area contributed by atoms with Crippen molar-refractivity contribution in [3.8, 4) is 11.8 Å². The standard InChI is InChI=1S/C18H11NO2/c20-18(21)17-8-7-14(15-3-1-2-4-16(15)17)6-5-13-9-11-19-12-10-13/h1-4,7-12H,(H,20,21). The number of fused-ring (bicyclic) bond motifs is 1. The molecule has 3 rings (SSSR count). The van der Waals surface area contributed by atoms with Crippen molar-refractivity contribution >= 4 is 16.7 Å². The first-order valence-corrected chi connectivity index (χ1v) is 6.43. The smallest absolute Gasteiger partial charge is 0.336 e. The zero-order valence-corrected chi connectivity index (χ0v) is 11.1. The van der Waals surface area contributed by atoms with Gasteiger partial charge in [-0.3, -0.25) is 4.98 Å². The van der Waals surface area contributed by atoms with Gasteiger partial charge in [0.25, 0.3) is 0 Å². The highest BCUT2D eigenvalue weighted by Gasteiger charge is 2.09. The van der Waals surface area contributed by atoms with E-state index in [0.717, 1.165) is 16.5 Å². The highest BCUT2D eigenvalue weighted by molar-refractivity contribution is 6.05. The van der Waals surface area contributed by atoms with Crippen molar-refractivity contribution in [2.45, 2.75) is 0 Å². The van der Waals surface area contributed by atoms with E-state index in [2.05, 4.69) is 16.8 Å². The minimum atomic E-state index is -0.931. The molecule has 0 atom stereocenters. The Labute approximate surface area is 121 Å². The number of hydrogen-bond donors (Lipinski definition) is 1. The zero-order chi connectivity index (χ0) is 14.7. The first kappa shape index (κ1) is 12.9. The Morgan fingerprint density at radius 3 is 2.33 bits per heavy atom. The number of nitrogens with zero attached hydrogens (tertiary/aromatic N) is 1. The topological polar surface area (TPSA) is 50.2 Å². The fourth-order valence-electron chi connectivity index (χ4n) is 2.17. The molecule has 3 heteroatoms. The minimum Gasteiger partial charge on any atom is -0.478 e. The van der Waals surface area contributed by atoms with E-state index >= 15 is 0 Å². The van der Waals surface area contributed by atoms with E-state index in [0.29, 0.717) is 10.9 Å². The van der Waals surface area contributed by atoms with Crippen LogP contribution in [0.5, 0.6) is 0 Å². The van der Waals surface area contributed by atoms with Crippen LogP contribution < -0.4 is 0 Å². The number of carbonyl (C=O) groups is 1. The third-order valence-corrected chi connectivity index (χ3v) is 3.18. The second kappa shape index (κ2) is 5.48. The molecule has 0 spiro atoms. The number of aromatic nitrogens is 1. The molecule has 1 aromatic heterocycles. The molecule has 0 fully saturated rings. The van der Waals surface area contributed by atoms with Crippen LogP contribution in [-0.2, 0) is 0 Å². The second-order valence-electron chi connectivity index (χ2n) is 4.50. The molecule has 2 aromatic carbocycles. The molecule has 1 N–H and O–H groups in total. The number of carboxylic acid groups (broad SMARTS) is 1. The third-order valence-electron chi connectivity index (χ3n) is 3.18. The van der Waals surface area contributed by atoms with E-state index in [1.54, 1.807) is 30.6 Å². The van der Waals surface area contributed by atoms with Crippen molar-refractivity contribution in [2.75, 3.05) is 0 Å². The van der Waals surface area contributed by atoms with Crippen LogP contribution >= 0.6 is 0 Å². The molecule has 21 heavy (non-hydrogen) atoms. The average Bonchev–Trinajstić information content (AvgIpc) is 2.53. The summed E-state index contributed by atoms with van der Waals surface area (Å²) in [5.74, 6) is 5.23. The molecule has 0 aliphatic carbocycles. The molecule has 0 aliphatic rings. The summed E-state index contributed by atoms with van der Waals surface area (Å²) >= 11 is 0. The minimum absolute atomic E-state index is 0.292. The van der Waals surface area contributed by atoms with Crippen LogP contribution in [0.4, 0.5) is 0 Å². The van der Waals surface area contributed by atoms with E-state index in [4.69, 9.17) is 0 Å². The first-order valence-electron chi connectivity index (χ1n) is 6.43. The molecule has 1 heterocycles. The second-order valence-corrected chi connectivity index (χ2v) is 4.50. The van der Waals surface area contributed by atoms with Gasteiger partial charge in [-0.15, -0.1) is 0 Å². The lowest BCUT2D eigenvalue weighted by atomic mass is 9.99. The van der Waals surface area contributed by atoms with E-state index in [-0.39, 0.29) is 0 Å². The van der Waals surface area contributed by atoms with Gasteiger partial charge in [-0.05, 0) is 35.0 Å². The molecule has 0 amide bonds. The maximum Gasteiger partial charge on any atom is 0.336 e. The third kappa shape index (κ3) is 2.60. The normalized spacial score (nSPS) is 9.90. The Morgan fingerprint density at radius 1 is 0.905 bits per heavy atom. The highest BCUT2D eigenvalue weighted by atomic mass is 16.4. The monoisotopic (exact) mass is 273 g/mol. The summed E-state index contributed by atoms with van der Waals surface area (Å²) in [4.78, 5) is 15.2. The Bertz CT molecular complexity index is 874. The first-order chi connectivity index (χ1) is 10.3. The van der Waals surface area contributed by atoms with Crippen molar-refractivity contribution in [2.24, 2.45) is 0 Å². The van der Waals surface area contributed by atoms with E-state index in [9.17, 15) is 9.90 Å². The van der Waals surface area contributed by atoms with Crippen LogP contribution in [0.1, 0.15) is 21.5 Å². The number of hydrogen-bond acceptors (Lipinski definition) is 2. The van der Waals surface area contributed by atoms with Crippen LogP contribution in [-0.4, -0.2) is 16.1 Å².